The maximum atomic E-state index is 12.7. The maximum Gasteiger partial charge on any atom is 0.241 e. The Hall–Kier alpha value is -2.61. The number of nitrogens with zero attached hydrogens (tertiary/aromatic N) is 3. The predicted molar refractivity (Wildman–Crippen MR) is 127 cm³/mol. The van der Waals surface area contributed by atoms with Crippen molar-refractivity contribution in [3.05, 3.63) is 35.9 Å². The zero-order chi connectivity index (χ0) is 22.8. The van der Waals surface area contributed by atoms with E-state index < -0.39 is 0 Å². The third kappa shape index (κ3) is 7.51. The van der Waals surface area contributed by atoms with Gasteiger partial charge in [0.05, 0.1) is 13.1 Å². The van der Waals surface area contributed by atoms with Crippen LogP contribution in [0.2, 0.25) is 0 Å². The van der Waals surface area contributed by atoms with Gasteiger partial charge in [-0.25, -0.2) is 0 Å². The third-order valence-electron chi connectivity index (χ3n) is 6.54. The predicted octanol–water partition coefficient (Wildman–Crippen LogP) is 0.843. The normalized spacial score (nSPS) is 18.9. The summed E-state index contributed by atoms with van der Waals surface area (Å²) in [6.07, 6.45) is 5.10. The highest BCUT2D eigenvalue weighted by molar-refractivity contribution is 5.86. The molecule has 2 saturated heterocycles. The fourth-order valence-electron chi connectivity index (χ4n) is 4.51. The fourth-order valence-corrected chi connectivity index (χ4v) is 4.51. The van der Waals surface area contributed by atoms with Gasteiger partial charge in [0.25, 0.3) is 0 Å². The van der Waals surface area contributed by atoms with Gasteiger partial charge in [0, 0.05) is 46.3 Å². The smallest absolute Gasteiger partial charge is 0.241 e. The quantitative estimate of drug-likeness (QED) is 0.430. The lowest BCUT2D eigenvalue weighted by atomic mass is 9.90. The molecule has 8 heteroatoms. The molecule has 2 aliphatic heterocycles. The van der Waals surface area contributed by atoms with E-state index in [4.69, 9.17) is 0 Å². The molecule has 2 aliphatic rings. The lowest BCUT2D eigenvalue weighted by molar-refractivity contribution is -0.131. The molecule has 0 spiro atoms. The Kier molecular flexibility index (Phi) is 9.34. The molecule has 0 unspecified atom stereocenters. The summed E-state index contributed by atoms with van der Waals surface area (Å²) in [5.74, 6) is 1.50. The van der Waals surface area contributed by atoms with Gasteiger partial charge in [0.15, 0.2) is 5.96 Å². The lowest BCUT2D eigenvalue weighted by Gasteiger charge is -2.33. The van der Waals surface area contributed by atoms with Crippen molar-refractivity contribution in [1.82, 2.24) is 25.8 Å². The van der Waals surface area contributed by atoms with Gasteiger partial charge in [-0.15, -0.1) is 0 Å². The van der Waals surface area contributed by atoms with Crippen LogP contribution in [0.3, 0.4) is 0 Å². The summed E-state index contributed by atoms with van der Waals surface area (Å²) >= 11 is 0. The molecule has 32 heavy (non-hydrogen) atoms. The van der Waals surface area contributed by atoms with E-state index in [1.165, 1.54) is 5.56 Å². The molecule has 1 aromatic rings. The number of benzene rings is 1. The zero-order valence-electron chi connectivity index (χ0n) is 19.5. The summed E-state index contributed by atoms with van der Waals surface area (Å²) in [6.45, 7) is 4.12. The molecular formula is C24H38N6O2. The van der Waals surface area contributed by atoms with E-state index in [2.05, 4.69) is 56.2 Å². The van der Waals surface area contributed by atoms with Gasteiger partial charge in [-0.3, -0.25) is 19.5 Å². The molecule has 8 nitrogen and oxygen atoms in total. The molecular weight excluding hydrogens is 404 g/mol. The number of piperidine rings is 2. The molecule has 0 atom stereocenters. The average molecular weight is 443 g/mol. The number of carbonyl (C=O) groups excluding carboxylic acids is 2. The van der Waals surface area contributed by atoms with E-state index in [-0.39, 0.29) is 18.4 Å². The number of hydrogen-bond donors (Lipinski definition) is 3. The topological polar surface area (TPSA) is 89.1 Å². The first-order chi connectivity index (χ1) is 15.6. The van der Waals surface area contributed by atoms with Crippen LogP contribution in [0, 0.1) is 5.92 Å². The lowest BCUT2D eigenvalue weighted by Crippen LogP contribution is -2.52. The van der Waals surface area contributed by atoms with Crippen LogP contribution >= 0.6 is 0 Å². The minimum atomic E-state index is 0.0523. The molecule has 0 aliphatic carbocycles. The number of guanidine groups is 1. The van der Waals surface area contributed by atoms with Gasteiger partial charge in [0.2, 0.25) is 11.8 Å². The summed E-state index contributed by atoms with van der Waals surface area (Å²) < 4.78 is 0. The Morgan fingerprint density at radius 3 is 2.34 bits per heavy atom. The van der Waals surface area contributed by atoms with Crippen molar-refractivity contribution in [3.63, 3.8) is 0 Å². The van der Waals surface area contributed by atoms with Gasteiger partial charge < -0.3 is 20.9 Å². The highest BCUT2D eigenvalue weighted by atomic mass is 16.2. The number of amides is 2. The summed E-state index contributed by atoms with van der Waals surface area (Å²) in [5.41, 5.74) is 1.38. The van der Waals surface area contributed by atoms with Crippen LogP contribution in [-0.4, -0.2) is 87.0 Å². The van der Waals surface area contributed by atoms with Crippen LogP contribution in [0.1, 0.15) is 31.2 Å². The molecule has 176 valence electrons. The minimum Gasteiger partial charge on any atom is -0.358 e. The SMILES string of the molecule is CN=C(NCC(=O)N1CCC(Cc2ccccc2)CC1)NC1CCN(CC(=O)NC)CC1. The van der Waals surface area contributed by atoms with E-state index >= 15 is 0 Å². The minimum absolute atomic E-state index is 0.0523. The van der Waals surface area contributed by atoms with Crippen LogP contribution in [0.15, 0.2) is 35.3 Å². The molecule has 1 aromatic carbocycles. The van der Waals surface area contributed by atoms with Gasteiger partial charge in [0.1, 0.15) is 0 Å². The fraction of sp³-hybridized carbons (Fsp3) is 0.625. The number of likely N-dealkylation sites (tertiary alicyclic amines) is 2. The van der Waals surface area contributed by atoms with Crippen molar-refractivity contribution in [1.29, 1.82) is 0 Å². The largest absolute Gasteiger partial charge is 0.358 e. The summed E-state index contributed by atoms with van der Waals surface area (Å²) in [7, 11) is 3.40. The number of hydrogen-bond acceptors (Lipinski definition) is 4. The molecule has 3 N–H and O–H groups in total. The van der Waals surface area contributed by atoms with Crippen LogP contribution in [0.4, 0.5) is 0 Å². The van der Waals surface area contributed by atoms with Gasteiger partial charge >= 0.3 is 0 Å². The first-order valence-electron chi connectivity index (χ1n) is 11.8. The van der Waals surface area contributed by atoms with Crippen molar-refractivity contribution >= 4 is 17.8 Å². The van der Waals surface area contributed by atoms with Gasteiger partial charge in [-0.1, -0.05) is 30.3 Å². The molecule has 2 amide bonds. The van der Waals surface area contributed by atoms with Gasteiger partial charge in [-0.05, 0) is 43.6 Å². The second-order valence-corrected chi connectivity index (χ2v) is 8.81. The molecule has 0 radical (unpaired) electrons. The van der Waals surface area contributed by atoms with Crippen molar-refractivity contribution in [2.45, 2.75) is 38.1 Å². The molecule has 3 rings (SSSR count). The Labute approximate surface area is 191 Å². The second-order valence-electron chi connectivity index (χ2n) is 8.81. The Morgan fingerprint density at radius 2 is 1.72 bits per heavy atom. The number of nitrogens with one attached hydrogen (secondary N) is 3. The van der Waals surface area contributed by atoms with Crippen LogP contribution in [-0.2, 0) is 16.0 Å². The highest BCUT2D eigenvalue weighted by Gasteiger charge is 2.24. The van der Waals surface area contributed by atoms with E-state index in [0.29, 0.717) is 24.5 Å². The molecule has 0 bridgehead atoms. The van der Waals surface area contributed by atoms with Crippen molar-refractivity contribution < 1.29 is 9.59 Å². The monoisotopic (exact) mass is 442 g/mol. The number of likely N-dealkylation sites (N-methyl/N-ethyl adjacent to an activating group) is 1. The van der Waals surface area contributed by atoms with Crippen molar-refractivity contribution in [3.8, 4) is 0 Å². The first-order valence-corrected chi connectivity index (χ1v) is 11.8. The van der Waals surface area contributed by atoms with Crippen LogP contribution in [0.25, 0.3) is 0 Å². The van der Waals surface area contributed by atoms with E-state index in [1.807, 2.05) is 4.90 Å². The zero-order valence-corrected chi connectivity index (χ0v) is 19.5. The summed E-state index contributed by atoms with van der Waals surface area (Å²) in [6, 6.07) is 10.9. The number of aliphatic imine (C=N–C) groups is 1. The van der Waals surface area contributed by atoms with Crippen LogP contribution in [0.5, 0.6) is 0 Å². The summed E-state index contributed by atoms with van der Waals surface area (Å²) in [4.78, 5) is 32.6. The molecule has 2 heterocycles. The van der Waals surface area contributed by atoms with Crippen molar-refractivity contribution in [2.24, 2.45) is 10.9 Å². The van der Waals surface area contributed by atoms with E-state index in [0.717, 1.165) is 58.3 Å². The molecule has 0 saturated carbocycles. The second kappa shape index (κ2) is 12.4. The maximum absolute atomic E-state index is 12.7. The van der Waals surface area contributed by atoms with Gasteiger partial charge in [-0.2, -0.15) is 0 Å². The van der Waals surface area contributed by atoms with Crippen LogP contribution < -0.4 is 16.0 Å². The molecule has 0 aromatic heterocycles. The van der Waals surface area contributed by atoms with E-state index in [9.17, 15) is 9.59 Å². The Balaban J connectivity index is 1.34. The first kappa shape index (κ1) is 24.0. The Bertz CT molecular complexity index is 753. The van der Waals surface area contributed by atoms with E-state index in [1.54, 1.807) is 14.1 Å². The number of rotatable bonds is 7. The standard InChI is InChI=1S/C24H38N6O2/c1-25-22(31)18-29-12-10-21(11-13-29)28-24(26-2)27-17-23(32)30-14-8-20(9-15-30)16-19-6-4-3-5-7-19/h3-7,20-21H,8-18H2,1-2H3,(H,25,31)(H2,26,27,28). The summed E-state index contributed by atoms with van der Waals surface area (Å²) in [5, 5.41) is 9.29. The number of carbonyl (C=O) groups is 2. The third-order valence-corrected chi connectivity index (χ3v) is 6.54. The van der Waals surface area contributed by atoms with Crippen molar-refractivity contribution in [2.75, 3.05) is 53.4 Å². The Morgan fingerprint density at radius 1 is 1.03 bits per heavy atom. The average Bonchev–Trinajstić information content (AvgIpc) is 2.83. The highest BCUT2D eigenvalue weighted by Crippen LogP contribution is 2.21. The molecule has 2 fully saturated rings.